The molecule has 0 radical (unpaired) electrons. The first-order chi connectivity index (χ1) is 13.2. The van der Waals surface area contributed by atoms with E-state index in [1.807, 2.05) is 54.6 Å². The molecule has 0 spiro atoms. The van der Waals surface area contributed by atoms with E-state index in [1.165, 1.54) is 5.56 Å². The summed E-state index contributed by atoms with van der Waals surface area (Å²) in [6.45, 7) is 2.72. The Hall–Kier alpha value is -3.40. The molecule has 5 rings (SSSR count). The summed E-state index contributed by atoms with van der Waals surface area (Å²) in [6.07, 6.45) is 1.00. The Morgan fingerprint density at radius 1 is 1.04 bits per heavy atom. The SMILES string of the molecule is CCc1ccc(-c2nc3ccc(N4Cc5ccccc5C4=O)cc3o2)cc1. The van der Waals surface area contributed by atoms with Gasteiger partial charge >= 0.3 is 0 Å². The van der Waals surface area contributed by atoms with Crippen LogP contribution in [0.4, 0.5) is 5.69 Å². The quantitative estimate of drug-likeness (QED) is 0.507. The second-order valence-corrected chi connectivity index (χ2v) is 6.77. The Morgan fingerprint density at radius 3 is 2.63 bits per heavy atom. The number of anilines is 1. The van der Waals surface area contributed by atoms with E-state index < -0.39 is 0 Å². The lowest BCUT2D eigenvalue weighted by atomic mass is 10.1. The van der Waals surface area contributed by atoms with Gasteiger partial charge in [-0.05, 0) is 47.9 Å². The third-order valence-corrected chi connectivity index (χ3v) is 5.11. The van der Waals surface area contributed by atoms with E-state index >= 15 is 0 Å². The maximum absolute atomic E-state index is 12.7. The van der Waals surface area contributed by atoms with E-state index in [1.54, 1.807) is 4.90 Å². The van der Waals surface area contributed by atoms with E-state index in [9.17, 15) is 4.79 Å². The first kappa shape index (κ1) is 15.8. The highest BCUT2D eigenvalue weighted by Crippen LogP contribution is 2.32. The number of benzene rings is 3. The van der Waals surface area contributed by atoms with Crippen molar-refractivity contribution >= 4 is 22.7 Å². The van der Waals surface area contributed by atoms with Crippen LogP contribution in [0.25, 0.3) is 22.6 Å². The molecule has 0 saturated heterocycles. The number of hydrogen-bond acceptors (Lipinski definition) is 3. The number of aryl methyl sites for hydroxylation is 1. The zero-order valence-corrected chi connectivity index (χ0v) is 15.0. The average Bonchev–Trinajstić information content (AvgIpc) is 3.29. The van der Waals surface area contributed by atoms with E-state index in [4.69, 9.17) is 4.42 Å². The molecular formula is C23H18N2O2. The van der Waals surface area contributed by atoms with Crippen molar-refractivity contribution in [3.8, 4) is 11.5 Å². The van der Waals surface area contributed by atoms with Crippen LogP contribution < -0.4 is 4.90 Å². The summed E-state index contributed by atoms with van der Waals surface area (Å²) >= 11 is 0. The third-order valence-electron chi connectivity index (χ3n) is 5.11. The monoisotopic (exact) mass is 354 g/mol. The molecule has 3 aromatic carbocycles. The Morgan fingerprint density at radius 2 is 1.85 bits per heavy atom. The lowest BCUT2D eigenvalue weighted by Crippen LogP contribution is -2.22. The van der Waals surface area contributed by atoms with Crippen LogP contribution in [-0.2, 0) is 13.0 Å². The van der Waals surface area contributed by atoms with Crippen molar-refractivity contribution < 1.29 is 9.21 Å². The summed E-state index contributed by atoms with van der Waals surface area (Å²) in [4.78, 5) is 19.1. The molecule has 0 bridgehead atoms. The first-order valence-corrected chi connectivity index (χ1v) is 9.12. The highest BCUT2D eigenvalue weighted by Gasteiger charge is 2.28. The Balaban J connectivity index is 1.50. The molecule has 0 aliphatic carbocycles. The topological polar surface area (TPSA) is 46.3 Å². The van der Waals surface area contributed by atoms with Crippen LogP contribution in [0.3, 0.4) is 0 Å². The minimum atomic E-state index is 0.0276. The van der Waals surface area contributed by atoms with Gasteiger partial charge in [-0.1, -0.05) is 37.3 Å². The number of fused-ring (bicyclic) bond motifs is 2. The van der Waals surface area contributed by atoms with Crippen molar-refractivity contribution in [2.75, 3.05) is 4.90 Å². The minimum Gasteiger partial charge on any atom is -0.436 e. The number of oxazole rings is 1. The molecule has 1 aliphatic heterocycles. The summed E-state index contributed by atoms with van der Waals surface area (Å²) in [5.74, 6) is 0.626. The largest absolute Gasteiger partial charge is 0.436 e. The molecule has 0 saturated carbocycles. The molecule has 0 N–H and O–H groups in total. The summed E-state index contributed by atoms with van der Waals surface area (Å²) < 4.78 is 5.99. The van der Waals surface area contributed by atoms with E-state index in [-0.39, 0.29) is 5.91 Å². The molecule has 0 unspecified atom stereocenters. The number of aromatic nitrogens is 1. The Labute approximate surface area is 157 Å². The van der Waals surface area contributed by atoms with Gasteiger partial charge in [0.05, 0.1) is 6.54 Å². The van der Waals surface area contributed by atoms with Crippen LogP contribution in [0.2, 0.25) is 0 Å². The molecule has 0 fully saturated rings. The van der Waals surface area contributed by atoms with Gasteiger partial charge in [-0.15, -0.1) is 0 Å². The summed E-state index contributed by atoms with van der Waals surface area (Å²) in [7, 11) is 0. The maximum Gasteiger partial charge on any atom is 0.258 e. The van der Waals surface area contributed by atoms with Crippen LogP contribution in [0.1, 0.15) is 28.4 Å². The smallest absolute Gasteiger partial charge is 0.258 e. The van der Waals surface area contributed by atoms with Crippen LogP contribution in [0.5, 0.6) is 0 Å². The van der Waals surface area contributed by atoms with Crippen molar-refractivity contribution in [1.82, 2.24) is 4.98 Å². The second-order valence-electron chi connectivity index (χ2n) is 6.77. The Bertz CT molecular complexity index is 1160. The highest BCUT2D eigenvalue weighted by molar-refractivity contribution is 6.10. The van der Waals surface area contributed by atoms with Crippen molar-refractivity contribution in [2.45, 2.75) is 19.9 Å². The predicted octanol–water partition coefficient (Wildman–Crippen LogP) is 5.22. The molecule has 4 nitrogen and oxygen atoms in total. The molecule has 1 aliphatic rings. The fourth-order valence-electron chi connectivity index (χ4n) is 3.55. The van der Waals surface area contributed by atoms with Crippen molar-refractivity contribution in [3.63, 3.8) is 0 Å². The van der Waals surface area contributed by atoms with Crippen LogP contribution in [0.15, 0.2) is 71.1 Å². The van der Waals surface area contributed by atoms with Crippen molar-refractivity contribution in [3.05, 3.63) is 83.4 Å². The van der Waals surface area contributed by atoms with Crippen LogP contribution in [0, 0.1) is 0 Å². The lowest BCUT2D eigenvalue weighted by Gasteiger charge is -2.15. The first-order valence-electron chi connectivity index (χ1n) is 9.12. The van der Waals surface area contributed by atoms with Crippen molar-refractivity contribution in [1.29, 1.82) is 0 Å². The molecular weight excluding hydrogens is 336 g/mol. The van der Waals surface area contributed by atoms with E-state index in [2.05, 4.69) is 24.0 Å². The molecule has 0 atom stereocenters. The van der Waals surface area contributed by atoms with Gasteiger partial charge in [-0.2, -0.15) is 0 Å². The average molecular weight is 354 g/mol. The number of amides is 1. The van der Waals surface area contributed by atoms with Gasteiger partial charge in [0.1, 0.15) is 5.52 Å². The molecule has 132 valence electrons. The zero-order valence-electron chi connectivity index (χ0n) is 15.0. The number of nitrogens with zero attached hydrogens (tertiary/aromatic N) is 2. The molecule has 4 aromatic rings. The van der Waals surface area contributed by atoms with E-state index in [0.29, 0.717) is 18.0 Å². The van der Waals surface area contributed by atoms with E-state index in [0.717, 1.165) is 34.3 Å². The third kappa shape index (κ3) is 2.61. The summed E-state index contributed by atoms with van der Waals surface area (Å²) in [5, 5.41) is 0. The van der Waals surface area contributed by atoms with Gasteiger partial charge in [0.2, 0.25) is 5.89 Å². The predicted molar refractivity (Wildman–Crippen MR) is 106 cm³/mol. The number of carbonyl (C=O) groups is 1. The van der Waals surface area contributed by atoms with Crippen LogP contribution in [-0.4, -0.2) is 10.9 Å². The van der Waals surface area contributed by atoms with Gasteiger partial charge < -0.3 is 9.32 Å². The lowest BCUT2D eigenvalue weighted by molar-refractivity contribution is 0.0996. The number of hydrogen-bond donors (Lipinski definition) is 0. The van der Waals surface area contributed by atoms with Crippen molar-refractivity contribution in [2.24, 2.45) is 0 Å². The molecule has 1 aromatic heterocycles. The number of carbonyl (C=O) groups excluding carboxylic acids is 1. The van der Waals surface area contributed by atoms with Crippen LogP contribution >= 0.6 is 0 Å². The fourth-order valence-corrected chi connectivity index (χ4v) is 3.55. The van der Waals surface area contributed by atoms with Gasteiger partial charge in [-0.25, -0.2) is 4.98 Å². The summed E-state index contributed by atoms with van der Waals surface area (Å²) in [6, 6.07) is 21.7. The zero-order chi connectivity index (χ0) is 18.4. The van der Waals surface area contributed by atoms with Gasteiger partial charge in [-0.3, -0.25) is 4.79 Å². The molecule has 27 heavy (non-hydrogen) atoms. The molecule has 1 amide bonds. The molecule has 4 heteroatoms. The number of rotatable bonds is 3. The highest BCUT2D eigenvalue weighted by atomic mass is 16.3. The van der Waals surface area contributed by atoms with Gasteiger partial charge in [0.15, 0.2) is 5.58 Å². The Kier molecular flexibility index (Phi) is 3.57. The summed E-state index contributed by atoms with van der Waals surface area (Å²) in [5.41, 5.74) is 6.36. The normalized spacial score (nSPS) is 13.4. The second kappa shape index (κ2) is 6.09. The van der Waals surface area contributed by atoms with Gasteiger partial charge in [0.25, 0.3) is 5.91 Å². The molecule has 2 heterocycles. The fraction of sp³-hybridized carbons (Fsp3) is 0.130. The maximum atomic E-state index is 12.7. The standard InChI is InChI=1S/C23H18N2O2/c1-2-15-7-9-16(10-8-15)22-24-20-12-11-18(13-21(20)27-22)25-14-17-5-3-4-6-19(17)23(25)26/h3-13H,2,14H2,1H3. The van der Waals surface area contributed by atoms with Gasteiger partial charge in [0, 0.05) is 22.9 Å². The minimum absolute atomic E-state index is 0.0276.